The molecule has 0 atom stereocenters. The molecule has 2 aromatic rings. The minimum Gasteiger partial charge on any atom is -0.255 e. The first kappa shape index (κ1) is 15.4. The van der Waals surface area contributed by atoms with Crippen molar-refractivity contribution in [3.63, 3.8) is 0 Å². The second-order valence-corrected chi connectivity index (χ2v) is 4.92. The van der Waals surface area contributed by atoms with Gasteiger partial charge in [0.1, 0.15) is 11.4 Å². The zero-order chi connectivity index (χ0) is 15.1. The van der Waals surface area contributed by atoms with E-state index in [0.29, 0.717) is 6.07 Å². The average Bonchev–Trinajstić information content (AvgIpc) is 2.33. The SMILES string of the molecule is Fc1ccnc(-c2c(Cl)ccc(Cl)c2Cl)c1C(F)(F)F. The fraction of sp³-hybridized carbons (Fsp3) is 0.0833. The first-order chi connectivity index (χ1) is 9.23. The first-order valence-corrected chi connectivity index (χ1v) is 6.22. The number of benzene rings is 1. The van der Waals surface area contributed by atoms with Crippen LogP contribution in [0.2, 0.25) is 15.1 Å². The fourth-order valence-electron chi connectivity index (χ4n) is 1.64. The molecule has 2 rings (SSSR count). The van der Waals surface area contributed by atoms with E-state index in [1.165, 1.54) is 12.1 Å². The molecular weight excluding hydrogens is 340 g/mol. The lowest BCUT2D eigenvalue weighted by Crippen LogP contribution is -2.12. The lowest BCUT2D eigenvalue weighted by molar-refractivity contribution is -0.139. The molecule has 1 aromatic heterocycles. The van der Waals surface area contributed by atoms with Gasteiger partial charge in [-0.15, -0.1) is 0 Å². The zero-order valence-electron chi connectivity index (χ0n) is 9.40. The van der Waals surface area contributed by atoms with Crippen LogP contribution in [0, 0.1) is 5.82 Å². The predicted octanol–water partition coefficient (Wildman–Crippen LogP) is 5.87. The predicted molar refractivity (Wildman–Crippen MR) is 69.7 cm³/mol. The van der Waals surface area contributed by atoms with Gasteiger partial charge in [0, 0.05) is 11.8 Å². The third kappa shape index (κ3) is 2.71. The van der Waals surface area contributed by atoms with Gasteiger partial charge in [-0.3, -0.25) is 4.98 Å². The molecule has 0 bridgehead atoms. The Balaban J connectivity index is 2.85. The molecule has 0 fully saturated rings. The van der Waals surface area contributed by atoms with Crippen molar-refractivity contribution in [2.45, 2.75) is 6.18 Å². The first-order valence-electron chi connectivity index (χ1n) is 5.09. The van der Waals surface area contributed by atoms with Crippen molar-refractivity contribution in [2.75, 3.05) is 0 Å². The van der Waals surface area contributed by atoms with E-state index in [2.05, 4.69) is 4.98 Å². The molecule has 1 heterocycles. The number of pyridine rings is 1. The van der Waals surface area contributed by atoms with E-state index >= 15 is 0 Å². The monoisotopic (exact) mass is 343 g/mol. The Hall–Kier alpha value is -1.04. The Morgan fingerprint density at radius 2 is 1.55 bits per heavy atom. The number of alkyl halides is 3. The van der Waals surface area contributed by atoms with Crippen molar-refractivity contribution in [2.24, 2.45) is 0 Å². The molecule has 0 aliphatic carbocycles. The quantitative estimate of drug-likeness (QED) is 0.466. The summed E-state index contributed by atoms with van der Waals surface area (Å²) in [5.41, 5.74) is -2.49. The zero-order valence-corrected chi connectivity index (χ0v) is 11.7. The van der Waals surface area contributed by atoms with Crippen LogP contribution in [-0.4, -0.2) is 4.98 Å². The molecular formula is C12H4Cl3F4N. The second-order valence-electron chi connectivity index (χ2n) is 3.73. The molecule has 0 aliphatic rings. The van der Waals surface area contributed by atoms with Crippen LogP contribution in [0.25, 0.3) is 11.3 Å². The molecule has 8 heteroatoms. The minimum absolute atomic E-state index is 0.00903. The van der Waals surface area contributed by atoms with Crippen molar-refractivity contribution in [3.8, 4) is 11.3 Å². The van der Waals surface area contributed by atoms with E-state index in [1.54, 1.807) is 0 Å². The summed E-state index contributed by atoms with van der Waals surface area (Å²) in [6.07, 6.45) is -4.05. The third-order valence-corrected chi connectivity index (χ3v) is 3.58. The van der Waals surface area contributed by atoms with E-state index in [4.69, 9.17) is 34.8 Å². The Morgan fingerprint density at radius 1 is 0.950 bits per heavy atom. The molecule has 0 amide bonds. The summed E-state index contributed by atoms with van der Waals surface area (Å²) in [7, 11) is 0. The van der Waals surface area contributed by atoms with Gasteiger partial charge in [0.15, 0.2) is 0 Å². The van der Waals surface area contributed by atoms with E-state index in [-0.39, 0.29) is 20.6 Å². The molecule has 1 nitrogen and oxygen atoms in total. The van der Waals surface area contributed by atoms with Crippen molar-refractivity contribution >= 4 is 34.8 Å². The molecule has 20 heavy (non-hydrogen) atoms. The summed E-state index contributed by atoms with van der Waals surface area (Å²) >= 11 is 17.4. The summed E-state index contributed by atoms with van der Waals surface area (Å²) in [4.78, 5) is 3.55. The molecule has 0 N–H and O–H groups in total. The van der Waals surface area contributed by atoms with E-state index in [0.717, 1.165) is 6.20 Å². The highest BCUT2D eigenvalue weighted by Crippen LogP contribution is 2.44. The highest BCUT2D eigenvalue weighted by molar-refractivity contribution is 6.46. The van der Waals surface area contributed by atoms with Crippen LogP contribution in [0.3, 0.4) is 0 Å². The average molecular weight is 345 g/mol. The second kappa shape index (κ2) is 5.39. The number of halogens is 7. The van der Waals surface area contributed by atoms with Crippen LogP contribution < -0.4 is 0 Å². The van der Waals surface area contributed by atoms with Gasteiger partial charge in [0.25, 0.3) is 0 Å². The van der Waals surface area contributed by atoms with E-state index in [1.807, 2.05) is 0 Å². The topological polar surface area (TPSA) is 12.9 Å². The lowest BCUT2D eigenvalue weighted by atomic mass is 10.0. The van der Waals surface area contributed by atoms with Crippen LogP contribution in [-0.2, 0) is 6.18 Å². The number of aromatic nitrogens is 1. The molecule has 0 radical (unpaired) electrons. The number of hydrogen-bond acceptors (Lipinski definition) is 1. The van der Waals surface area contributed by atoms with Crippen LogP contribution in [0.1, 0.15) is 5.56 Å². The third-order valence-electron chi connectivity index (χ3n) is 2.46. The van der Waals surface area contributed by atoms with Crippen LogP contribution in [0.4, 0.5) is 17.6 Å². The van der Waals surface area contributed by atoms with E-state index in [9.17, 15) is 17.6 Å². The molecule has 0 spiro atoms. The van der Waals surface area contributed by atoms with Gasteiger partial charge in [-0.05, 0) is 18.2 Å². The maximum Gasteiger partial charge on any atom is 0.421 e. The highest BCUT2D eigenvalue weighted by atomic mass is 35.5. The fourth-order valence-corrected chi connectivity index (χ4v) is 2.35. The molecule has 0 saturated carbocycles. The van der Waals surface area contributed by atoms with Gasteiger partial charge in [-0.2, -0.15) is 13.2 Å². The van der Waals surface area contributed by atoms with Crippen LogP contribution in [0.5, 0.6) is 0 Å². The Labute approximate surface area is 126 Å². The van der Waals surface area contributed by atoms with E-state index < -0.39 is 23.3 Å². The number of rotatable bonds is 1. The Bertz CT molecular complexity index is 670. The molecule has 0 saturated heterocycles. The summed E-state index contributed by atoms with van der Waals surface area (Å²) < 4.78 is 52.4. The van der Waals surface area contributed by atoms with Crippen molar-refractivity contribution < 1.29 is 17.6 Å². The van der Waals surface area contributed by atoms with Gasteiger partial charge in [0.2, 0.25) is 0 Å². The van der Waals surface area contributed by atoms with Crippen LogP contribution in [0.15, 0.2) is 24.4 Å². The number of nitrogens with zero attached hydrogens (tertiary/aromatic N) is 1. The standard InChI is InChI=1S/C12H4Cl3F4N/c13-5-1-2-6(14)10(15)8(5)11-9(12(17,18)19)7(16)3-4-20-11/h1-4H. The lowest BCUT2D eigenvalue weighted by Gasteiger charge is -2.15. The van der Waals surface area contributed by atoms with Crippen LogP contribution >= 0.6 is 34.8 Å². The summed E-state index contributed by atoms with van der Waals surface area (Å²) in [5.74, 6) is -1.46. The maximum absolute atomic E-state index is 13.5. The van der Waals surface area contributed by atoms with Gasteiger partial charge < -0.3 is 0 Å². The van der Waals surface area contributed by atoms with Gasteiger partial charge in [-0.25, -0.2) is 4.39 Å². The smallest absolute Gasteiger partial charge is 0.255 e. The van der Waals surface area contributed by atoms with Gasteiger partial charge >= 0.3 is 6.18 Å². The molecule has 106 valence electrons. The van der Waals surface area contributed by atoms with Crippen molar-refractivity contribution in [1.82, 2.24) is 4.98 Å². The van der Waals surface area contributed by atoms with Crippen molar-refractivity contribution in [3.05, 3.63) is 50.8 Å². The molecule has 0 unspecified atom stereocenters. The maximum atomic E-state index is 13.5. The Morgan fingerprint density at radius 3 is 2.15 bits per heavy atom. The largest absolute Gasteiger partial charge is 0.421 e. The van der Waals surface area contributed by atoms with Gasteiger partial charge in [-0.1, -0.05) is 34.8 Å². The molecule has 1 aromatic carbocycles. The summed E-state index contributed by atoms with van der Waals surface area (Å²) in [6.45, 7) is 0. The number of hydrogen-bond donors (Lipinski definition) is 0. The summed E-state index contributed by atoms with van der Waals surface area (Å²) in [6, 6.07) is 3.19. The van der Waals surface area contributed by atoms with Gasteiger partial charge in [0.05, 0.1) is 20.8 Å². The van der Waals surface area contributed by atoms with Crippen molar-refractivity contribution in [1.29, 1.82) is 0 Å². The Kier molecular flexibility index (Phi) is 4.14. The molecule has 0 aliphatic heterocycles. The normalized spacial score (nSPS) is 11.8. The summed E-state index contributed by atoms with van der Waals surface area (Å²) in [5, 5.41) is -0.337. The highest BCUT2D eigenvalue weighted by Gasteiger charge is 2.39. The minimum atomic E-state index is -4.94.